The maximum atomic E-state index is 12.9. The predicted octanol–water partition coefficient (Wildman–Crippen LogP) is 2.30. The summed E-state index contributed by atoms with van der Waals surface area (Å²) in [5, 5.41) is 0. The fourth-order valence-corrected chi connectivity index (χ4v) is 2.67. The molecular weight excluding hydrogens is 257 g/mol. The summed E-state index contributed by atoms with van der Waals surface area (Å²) >= 11 is 0. The summed E-state index contributed by atoms with van der Waals surface area (Å²) in [7, 11) is 0. The Labute approximate surface area is 116 Å². The molecule has 0 N–H and O–H groups in total. The smallest absolute Gasteiger partial charge is 0.161 e. The molecule has 0 radical (unpaired) electrons. The molecule has 0 aliphatic heterocycles. The summed E-state index contributed by atoms with van der Waals surface area (Å²) in [6.07, 6.45) is 7.25. The molecule has 4 nitrogen and oxygen atoms in total. The number of fused-ring (bicyclic) bond motifs is 1. The van der Waals surface area contributed by atoms with Gasteiger partial charge in [-0.2, -0.15) is 0 Å². The van der Waals surface area contributed by atoms with E-state index in [9.17, 15) is 9.18 Å². The van der Waals surface area contributed by atoms with Crippen molar-refractivity contribution in [1.82, 2.24) is 15.0 Å². The Balaban J connectivity index is 2.14. The number of aromatic nitrogens is 3. The third kappa shape index (κ3) is 2.31. The standard InChI is InChI=1S/C15H14FN3O/c1-9(20)5-12-11-3-2-4-14(11)17-8-13(12)15-18-6-10(16)7-19-15/h6-8H,2-5H2,1H3. The van der Waals surface area contributed by atoms with E-state index < -0.39 is 5.82 Å². The summed E-state index contributed by atoms with van der Waals surface area (Å²) in [5.74, 6) is 0.0366. The topological polar surface area (TPSA) is 55.7 Å². The second-order valence-electron chi connectivity index (χ2n) is 5.03. The van der Waals surface area contributed by atoms with Gasteiger partial charge < -0.3 is 0 Å². The van der Waals surface area contributed by atoms with Gasteiger partial charge in [0.2, 0.25) is 0 Å². The van der Waals surface area contributed by atoms with Crippen LogP contribution in [-0.4, -0.2) is 20.7 Å². The third-order valence-corrected chi connectivity index (χ3v) is 3.51. The normalized spacial score (nSPS) is 13.3. The van der Waals surface area contributed by atoms with Crippen molar-refractivity contribution in [3.63, 3.8) is 0 Å². The van der Waals surface area contributed by atoms with Gasteiger partial charge in [-0.15, -0.1) is 0 Å². The van der Waals surface area contributed by atoms with Crippen LogP contribution in [-0.2, 0) is 24.1 Å². The molecule has 0 bridgehead atoms. The van der Waals surface area contributed by atoms with Crippen LogP contribution in [0.5, 0.6) is 0 Å². The number of pyridine rings is 1. The molecule has 0 saturated carbocycles. The van der Waals surface area contributed by atoms with Gasteiger partial charge in [-0.25, -0.2) is 14.4 Å². The lowest BCUT2D eigenvalue weighted by atomic mass is 9.97. The zero-order chi connectivity index (χ0) is 14.1. The van der Waals surface area contributed by atoms with Crippen molar-refractivity contribution in [3.8, 4) is 11.4 Å². The minimum atomic E-state index is -0.476. The van der Waals surface area contributed by atoms with Gasteiger partial charge in [-0.1, -0.05) is 0 Å². The molecule has 0 atom stereocenters. The number of carbonyl (C=O) groups excluding carboxylic acids is 1. The van der Waals surface area contributed by atoms with Gasteiger partial charge in [0.15, 0.2) is 11.6 Å². The van der Waals surface area contributed by atoms with E-state index in [0.717, 1.165) is 54.0 Å². The Hall–Kier alpha value is -2.17. The van der Waals surface area contributed by atoms with Gasteiger partial charge in [0.25, 0.3) is 0 Å². The van der Waals surface area contributed by atoms with Crippen LogP contribution < -0.4 is 0 Å². The van der Waals surface area contributed by atoms with Gasteiger partial charge in [0, 0.05) is 23.9 Å². The number of halogens is 1. The van der Waals surface area contributed by atoms with E-state index in [0.29, 0.717) is 12.2 Å². The Bertz CT molecular complexity index is 668. The van der Waals surface area contributed by atoms with Crippen LogP contribution in [0.25, 0.3) is 11.4 Å². The maximum Gasteiger partial charge on any atom is 0.161 e. The molecule has 0 spiro atoms. The fourth-order valence-electron chi connectivity index (χ4n) is 2.67. The van der Waals surface area contributed by atoms with Crippen LogP contribution in [0.2, 0.25) is 0 Å². The highest BCUT2D eigenvalue weighted by Crippen LogP contribution is 2.30. The molecule has 0 saturated heterocycles. The summed E-state index contributed by atoms with van der Waals surface area (Å²) in [6.45, 7) is 1.57. The van der Waals surface area contributed by atoms with E-state index >= 15 is 0 Å². The second-order valence-corrected chi connectivity index (χ2v) is 5.03. The van der Waals surface area contributed by atoms with Crippen LogP contribution >= 0.6 is 0 Å². The molecule has 2 heterocycles. The molecule has 5 heteroatoms. The van der Waals surface area contributed by atoms with Crippen molar-refractivity contribution in [3.05, 3.63) is 41.2 Å². The van der Waals surface area contributed by atoms with E-state index in [1.54, 1.807) is 13.1 Å². The molecule has 2 aromatic heterocycles. The van der Waals surface area contributed by atoms with Gasteiger partial charge in [-0.3, -0.25) is 9.78 Å². The Kier molecular flexibility index (Phi) is 3.26. The number of hydrogen-bond acceptors (Lipinski definition) is 4. The number of rotatable bonds is 3. The first-order valence-electron chi connectivity index (χ1n) is 6.62. The Morgan fingerprint density at radius 1 is 1.20 bits per heavy atom. The summed E-state index contributed by atoms with van der Waals surface area (Å²) < 4.78 is 12.9. The fraction of sp³-hybridized carbons (Fsp3) is 0.333. The minimum Gasteiger partial charge on any atom is -0.300 e. The van der Waals surface area contributed by atoms with Crippen LogP contribution in [0.4, 0.5) is 4.39 Å². The first-order chi connectivity index (χ1) is 9.65. The van der Waals surface area contributed by atoms with Gasteiger partial charge in [-0.05, 0) is 37.3 Å². The molecular formula is C15H14FN3O. The van der Waals surface area contributed by atoms with Crippen LogP contribution in [0.3, 0.4) is 0 Å². The van der Waals surface area contributed by atoms with Crippen molar-refractivity contribution in [2.75, 3.05) is 0 Å². The average Bonchev–Trinajstić information content (AvgIpc) is 2.88. The van der Waals surface area contributed by atoms with E-state index in [1.807, 2.05) is 0 Å². The number of nitrogens with zero attached hydrogens (tertiary/aromatic N) is 3. The zero-order valence-electron chi connectivity index (χ0n) is 11.2. The highest BCUT2D eigenvalue weighted by atomic mass is 19.1. The van der Waals surface area contributed by atoms with Gasteiger partial charge in [0.1, 0.15) is 5.78 Å². The minimum absolute atomic E-state index is 0.0914. The lowest BCUT2D eigenvalue weighted by Crippen LogP contribution is -2.06. The number of ketones is 1. The van der Waals surface area contributed by atoms with Crippen molar-refractivity contribution >= 4 is 5.78 Å². The van der Waals surface area contributed by atoms with Crippen LogP contribution in [0.15, 0.2) is 18.6 Å². The van der Waals surface area contributed by atoms with Crippen molar-refractivity contribution in [2.45, 2.75) is 32.6 Å². The van der Waals surface area contributed by atoms with E-state index in [1.165, 1.54) is 0 Å². The largest absolute Gasteiger partial charge is 0.300 e. The quantitative estimate of drug-likeness (QED) is 0.859. The van der Waals surface area contributed by atoms with Crippen molar-refractivity contribution in [1.29, 1.82) is 0 Å². The number of carbonyl (C=O) groups is 1. The molecule has 1 aliphatic carbocycles. The first-order valence-corrected chi connectivity index (χ1v) is 6.62. The number of aryl methyl sites for hydroxylation is 1. The Morgan fingerprint density at radius 3 is 2.65 bits per heavy atom. The van der Waals surface area contributed by atoms with Gasteiger partial charge in [0.05, 0.1) is 12.4 Å². The van der Waals surface area contributed by atoms with E-state index in [4.69, 9.17) is 0 Å². The predicted molar refractivity (Wildman–Crippen MR) is 71.6 cm³/mol. The van der Waals surface area contributed by atoms with Crippen molar-refractivity contribution in [2.24, 2.45) is 0 Å². The lowest BCUT2D eigenvalue weighted by Gasteiger charge is -2.12. The Morgan fingerprint density at radius 2 is 1.95 bits per heavy atom. The maximum absolute atomic E-state index is 12.9. The average molecular weight is 271 g/mol. The summed E-state index contributed by atoms with van der Waals surface area (Å²) in [4.78, 5) is 24.0. The third-order valence-electron chi connectivity index (χ3n) is 3.51. The molecule has 0 amide bonds. The first kappa shape index (κ1) is 12.8. The monoisotopic (exact) mass is 271 g/mol. The highest BCUT2D eigenvalue weighted by Gasteiger charge is 2.21. The van der Waals surface area contributed by atoms with Gasteiger partial charge >= 0.3 is 0 Å². The molecule has 0 aromatic carbocycles. The van der Waals surface area contributed by atoms with Crippen LogP contribution in [0.1, 0.15) is 30.2 Å². The number of hydrogen-bond donors (Lipinski definition) is 0. The molecule has 0 fully saturated rings. The zero-order valence-corrected chi connectivity index (χ0v) is 11.2. The second kappa shape index (κ2) is 5.07. The lowest BCUT2D eigenvalue weighted by molar-refractivity contribution is -0.116. The molecule has 1 aliphatic rings. The number of Topliss-reactive ketones (excluding diaryl/α,β-unsaturated/α-hetero) is 1. The van der Waals surface area contributed by atoms with E-state index in [2.05, 4.69) is 15.0 Å². The SMILES string of the molecule is CC(=O)Cc1c(-c2ncc(F)cn2)cnc2c1CCC2. The highest BCUT2D eigenvalue weighted by molar-refractivity contribution is 5.81. The summed E-state index contributed by atoms with van der Waals surface area (Å²) in [5.41, 5.74) is 3.89. The van der Waals surface area contributed by atoms with E-state index in [-0.39, 0.29) is 5.78 Å². The van der Waals surface area contributed by atoms with Crippen LogP contribution in [0, 0.1) is 5.82 Å². The molecule has 0 unspecified atom stereocenters. The molecule has 102 valence electrons. The molecule has 20 heavy (non-hydrogen) atoms. The van der Waals surface area contributed by atoms with Crippen molar-refractivity contribution < 1.29 is 9.18 Å². The molecule has 3 rings (SSSR count). The summed E-state index contributed by atoms with van der Waals surface area (Å²) in [6, 6.07) is 0. The molecule has 2 aromatic rings.